The molecule has 2 saturated heterocycles. The molecule has 0 aromatic heterocycles. The Bertz CT molecular complexity index is 643. The Kier molecular flexibility index (Phi) is 3.16. The summed E-state index contributed by atoms with van der Waals surface area (Å²) >= 11 is 0. The molecule has 3 aliphatic rings. The summed E-state index contributed by atoms with van der Waals surface area (Å²) in [4.78, 5) is 14.2. The third-order valence-electron chi connectivity index (χ3n) is 4.45. The molecule has 1 aromatic carbocycles. The average molecular weight is 304 g/mol. The molecular weight excluding hydrogens is 287 g/mol. The van der Waals surface area contributed by atoms with Crippen LogP contribution in [-0.4, -0.2) is 42.9 Å². The van der Waals surface area contributed by atoms with Crippen LogP contribution in [0, 0.1) is 5.82 Å². The van der Waals surface area contributed by atoms with E-state index in [9.17, 15) is 9.18 Å². The minimum atomic E-state index is -0.434. The van der Waals surface area contributed by atoms with Crippen molar-refractivity contribution in [3.63, 3.8) is 0 Å². The number of anilines is 1. The van der Waals surface area contributed by atoms with Crippen molar-refractivity contribution >= 4 is 17.2 Å². The lowest BCUT2D eigenvalue weighted by Crippen LogP contribution is -2.43. The molecule has 0 aliphatic carbocycles. The predicted octanol–water partition coefficient (Wildman–Crippen LogP) is 1.96. The third kappa shape index (κ3) is 2.28. The quantitative estimate of drug-likeness (QED) is 0.806. The van der Waals surface area contributed by atoms with Gasteiger partial charge in [-0.05, 0) is 18.2 Å². The third-order valence-corrected chi connectivity index (χ3v) is 4.45. The SMILES string of the molecule is O=C1Nc2ccc(F)cc2/C1=C\N1CCC2(CC1)OCCO2. The molecule has 1 N–H and O–H groups in total. The Balaban J connectivity index is 1.54. The molecule has 0 radical (unpaired) electrons. The molecular formula is C16H17FN2O3. The number of nitrogens with zero attached hydrogens (tertiary/aromatic N) is 1. The molecule has 0 unspecified atom stereocenters. The second-order valence-electron chi connectivity index (χ2n) is 5.83. The molecule has 0 atom stereocenters. The van der Waals surface area contributed by atoms with E-state index in [-0.39, 0.29) is 11.7 Å². The topological polar surface area (TPSA) is 50.8 Å². The summed E-state index contributed by atoms with van der Waals surface area (Å²) in [6.45, 7) is 2.80. The average Bonchev–Trinajstić information content (AvgIpc) is 3.08. The lowest BCUT2D eigenvalue weighted by atomic mass is 10.0. The minimum absolute atomic E-state index is 0.186. The number of benzene rings is 1. The fraction of sp³-hybridized carbons (Fsp3) is 0.438. The number of rotatable bonds is 1. The van der Waals surface area contributed by atoms with Gasteiger partial charge in [0.15, 0.2) is 5.79 Å². The molecule has 22 heavy (non-hydrogen) atoms. The number of amides is 1. The lowest BCUT2D eigenvalue weighted by Gasteiger charge is -2.37. The molecule has 1 aromatic rings. The van der Waals surface area contributed by atoms with Gasteiger partial charge in [-0.2, -0.15) is 0 Å². The zero-order valence-corrected chi connectivity index (χ0v) is 12.1. The minimum Gasteiger partial charge on any atom is -0.376 e. The van der Waals surface area contributed by atoms with Crippen LogP contribution in [0.4, 0.5) is 10.1 Å². The van der Waals surface area contributed by atoms with E-state index in [2.05, 4.69) is 10.2 Å². The van der Waals surface area contributed by atoms with Crippen LogP contribution in [-0.2, 0) is 14.3 Å². The lowest BCUT2D eigenvalue weighted by molar-refractivity contribution is -0.181. The number of carbonyl (C=O) groups excluding carboxylic acids is 1. The van der Waals surface area contributed by atoms with Gasteiger partial charge < -0.3 is 19.7 Å². The standard InChI is InChI=1S/C16H17FN2O3/c17-11-1-2-14-12(9-11)13(15(20)18-14)10-19-5-3-16(4-6-19)21-7-8-22-16/h1-2,9-10H,3-8H2,(H,18,20)/b13-10+. The fourth-order valence-corrected chi connectivity index (χ4v) is 3.25. The van der Waals surface area contributed by atoms with Crippen molar-refractivity contribution in [3.05, 3.63) is 35.8 Å². The first-order valence-corrected chi connectivity index (χ1v) is 7.50. The fourth-order valence-electron chi connectivity index (χ4n) is 3.25. The smallest absolute Gasteiger partial charge is 0.257 e. The first-order chi connectivity index (χ1) is 10.7. The maximum atomic E-state index is 13.4. The van der Waals surface area contributed by atoms with E-state index in [1.807, 2.05) is 6.20 Å². The second kappa shape index (κ2) is 5.07. The predicted molar refractivity (Wildman–Crippen MR) is 78.4 cm³/mol. The van der Waals surface area contributed by atoms with Crippen LogP contribution in [0.5, 0.6) is 0 Å². The van der Waals surface area contributed by atoms with Gasteiger partial charge in [0.2, 0.25) is 0 Å². The normalized spacial score (nSPS) is 24.9. The van der Waals surface area contributed by atoms with Crippen LogP contribution in [0.1, 0.15) is 18.4 Å². The van der Waals surface area contributed by atoms with E-state index in [4.69, 9.17) is 9.47 Å². The number of fused-ring (bicyclic) bond motifs is 1. The van der Waals surface area contributed by atoms with Crippen LogP contribution < -0.4 is 5.32 Å². The van der Waals surface area contributed by atoms with Gasteiger partial charge in [-0.15, -0.1) is 0 Å². The monoisotopic (exact) mass is 304 g/mol. The Hall–Kier alpha value is -1.92. The van der Waals surface area contributed by atoms with Crippen molar-refractivity contribution in [2.75, 3.05) is 31.6 Å². The van der Waals surface area contributed by atoms with Crippen LogP contribution in [0.15, 0.2) is 24.4 Å². The van der Waals surface area contributed by atoms with E-state index in [0.29, 0.717) is 30.0 Å². The summed E-state index contributed by atoms with van der Waals surface area (Å²) in [7, 11) is 0. The molecule has 116 valence electrons. The number of nitrogens with one attached hydrogen (secondary N) is 1. The highest BCUT2D eigenvalue weighted by atomic mass is 19.1. The van der Waals surface area contributed by atoms with Gasteiger partial charge in [-0.25, -0.2) is 4.39 Å². The summed E-state index contributed by atoms with van der Waals surface area (Å²) in [6, 6.07) is 4.34. The first-order valence-electron chi connectivity index (χ1n) is 7.50. The number of halogens is 1. The number of piperidine rings is 1. The molecule has 0 bridgehead atoms. The zero-order chi connectivity index (χ0) is 15.2. The Morgan fingerprint density at radius 1 is 1.23 bits per heavy atom. The maximum Gasteiger partial charge on any atom is 0.257 e. The van der Waals surface area contributed by atoms with Gasteiger partial charge in [0, 0.05) is 43.4 Å². The largest absolute Gasteiger partial charge is 0.376 e. The van der Waals surface area contributed by atoms with Gasteiger partial charge >= 0.3 is 0 Å². The highest BCUT2D eigenvalue weighted by Gasteiger charge is 2.39. The molecule has 2 fully saturated rings. The maximum absolute atomic E-state index is 13.4. The molecule has 3 heterocycles. The Morgan fingerprint density at radius 3 is 2.68 bits per heavy atom. The van der Waals surface area contributed by atoms with Gasteiger partial charge in [0.25, 0.3) is 5.91 Å². The molecule has 5 nitrogen and oxygen atoms in total. The van der Waals surface area contributed by atoms with Crippen LogP contribution in [0.2, 0.25) is 0 Å². The molecule has 1 amide bonds. The van der Waals surface area contributed by atoms with E-state index in [0.717, 1.165) is 25.9 Å². The zero-order valence-electron chi connectivity index (χ0n) is 12.1. The van der Waals surface area contributed by atoms with Crippen molar-refractivity contribution in [3.8, 4) is 0 Å². The van der Waals surface area contributed by atoms with E-state index in [1.165, 1.54) is 12.1 Å². The Labute approximate surface area is 127 Å². The Morgan fingerprint density at radius 2 is 1.95 bits per heavy atom. The number of ether oxygens (including phenoxy) is 2. The van der Waals surface area contributed by atoms with E-state index < -0.39 is 5.79 Å². The summed E-state index contributed by atoms with van der Waals surface area (Å²) in [5.41, 5.74) is 1.80. The number of carbonyl (C=O) groups is 1. The molecule has 4 rings (SSSR count). The number of hydrogen-bond acceptors (Lipinski definition) is 4. The molecule has 3 aliphatic heterocycles. The van der Waals surface area contributed by atoms with E-state index >= 15 is 0 Å². The number of likely N-dealkylation sites (tertiary alicyclic amines) is 1. The van der Waals surface area contributed by atoms with Crippen LogP contribution in [0.25, 0.3) is 5.57 Å². The second-order valence-corrected chi connectivity index (χ2v) is 5.83. The van der Waals surface area contributed by atoms with E-state index in [1.54, 1.807) is 6.07 Å². The molecule has 6 heteroatoms. The van der Waals surface area contributed by atoms with Crippen LogP contribution in [0.3, 0.4) is 0 Å². The molecule has 1 spiro atoms. The summed E-state index contributed by atoms with van der Waals surface area (Å²) in [6.07, 6.45) is 3.37. The van der Waals surface area contributed by atoms with Crippen LogP contribution >= 0.6 is 0 Å². The van der Waals surface area contributed by atoms with Gasteiger partial charge in [-0.1, -0.05) is 0 Å². The van der Waals surface area contributed by atoms with Crippen molar-refractivity contribution in [1.29, 1.82) is 0 Å². The van der Waals surface area contributed by atoms with Crippen molar-refractivity contribution in [1.82, 2.24) is 4.90 Å². The summed E-state index contributed by atoms with van der Waals surface area (Å²) in [5, 5.41) is 2.76. The number of hydrogen-bond donors (Lipinski definition) is 1. The van der Waals surface area contributed by atoms with Crippen molar-refractivity contribution in [2.24, 2.45) is 0 Å². The first kappa shape index (κ1) is 13.7. The van der Waals surface area contributed by atoms with Gasteiger partial charge in [0.05, 0.1) is 18.8 Å². The highest BCUT2D eigenvalue weighted by molar-refractivity contribution is 6.31. The van der Waals surface area contributed by atoms with Crippen molar-refractivity contribution < 1.29 is 18.7 Å². The van der Waals surface area contributed by atoms with Crippen molar-refractivity contribution in [2.45, 2.75) is 18.6 Å². The summed E-state index contributed by atoms with van der Waals surface area (Å²) in [5.74, 6) is -0.961. The molecule has 0 saturated carbocycles. The van der Waals surface area contributed by atoms with Gasteiger partial charge in [-0.3, -0.25) is 4.79 Å². The van der Waals surface area contributed by atoms with Gasteiger partial charge in [0.1, 0.15) is 5.82 Å². The highest BCUT2D eigenvalue weighted by Crippen LogP contribution is 2.35. The summed E-state index contributed by atoms with van der Waals surface area (Å²) < 4.78 is 24.8.